The Morgan fingerprint density at radius 1 is 1.00 bits per heavy atom. The largest absolute Gasteiger partial charge is 0.717 e. The van der Waals surface area contributed by atoms with E-state index in [0.717, 1.165) is 20.8 Å². The summed E-state index contributed by atoms with van der Waals surface area (Å²) in [6.07, 6.45) is 5.05. The lowest BCUT2D eigenvalue weighted by atomic mass is 10.8. The second-order valence-corrected chi connectivity index (χ2v) is 5.18. The van der Waals surface area contributed by atoms with Gasteiger partial charge in [-0.15, -0.1) is 6.42 Å². The summed E-state index contributed by atoms with van der Waals surface area (Å²) in [6, 6.07) is -0.244. The number of terminal acetylenes is 1. The summed E-state index contributed by atoms with van der Waals surface area (Å²) in [7, 11) is -3.77. The summed E-state index contributed by atoms with van der Waals surface area (Å²) in [4.78, 5) is 32.6. The van der Waals surface area contributed by atoms with Crippen molar-refractivity contribution in [3.8, 4) is 12.3 Å². The Kier molecular flexibility index (Phi) is 5.25. The van der Waals surface area contributed by atoms with Crippen LogP contribution in [0.25, 0.3) is 0 Å². The zero-order valence-corrected chi connectivity index (χ0v) is 10.2. The first-order valence-electron chi connectivity index (χ1n) is 4.33. The first-order chi connectivity index (χ1) is 7.31. The SMILES string of the molecule is C#CC[Si](OC(C)=O)(OC(C)=O)OC(C)=O. The number of carbonyl (C=O) groups is 3. The molecule has 0 spiro atoms. The molecule has 0 bridgehead atoms. The topological polar surface area (TPSA) is 78.9 Å². The van der Waals surface area contributed by atoms with Crippen LogP contribution in [0.15, 0.2) is 0 Å². The van der Waals surface area contributed by atoms with E-state index >= 15 is 0 Å². The second kappa shape index (κ2) is 5.92. The molecule has 16 heavy (non-hydrogen) atoms. The number of hydrogen-bond donors (Lipinski definition) is 0. The summed E-state index contributed by atoms with van der Waals surface area (Å²) in [5, 5.41) is 0. The van der Waals surface area contributed by atoms with E-state index in [2.05, 4.69) is 5.92 Å². The minimum Gasteiger partial charge on any atom is -0.455 e. The first-order valence-corrected chi connectivity index (χ1v) is 6.26. The molecule has 7 heteroatoms. The molecule has 0 aliphatic carbocycles. The van der Waals surface area contributed by atoms with Crippen LogP contribution in [0.5, 0.6) is 0 Å². The van der Waals surface area contributed by atoms with Crippen LogP contribution in [0.2, 0.25) is 6.04 Å². The van der Waals surface area contributed by atoms with E-state index in [9.17, 15) is 14.4 Å². The monoisotopic (exact) mass is 244 g/mol. The van der Waals surface area contributed by atoms with Crippen LogP contribution < -0.4 is 0 Å². The Morgan fingerprint density at radius 2 is 1.31 bits per heavy atom. The van der Waals surface area contributed by atoms with Gasteiger partial charge in [-0.25, -0.2) is 0 Å². The fraction of sp³-hybridized carbons (Fsp3) is 0.444. The summed E-state index contributed by atoms with van der Waals surface area (Å²) in [5.41, 5.74) is 0. The van der Waals surface area contributed by atoms with Gasteiger partial charge in [-0.3, -0.25) is 14.4 Å². The summed E-state index contributed by atoms with van der Waals surface area (Å²) < 4.78 is 14.3. The third kappa shape index (κ3) is 5.16. The van der Waals surface area contributed by atoms with Crippen molar-refractivity contribution in [1.82, 2.24) is 0 Å². The highest BCUT2D eigenvalue weighted by Gasteiger charge is 2.51. The second-order valence-electron chi connectivity index (χ2n) is 2.84. The molecule has 6 nitrogen and oxygen atoms in total. The Labute approximate surface area is 94.2 Å². The molecular weight excluding hydrogens is 232 g/mol. The van der Waals surface area contributed by atoms with Gasteiger partial charge >= 0.3 is 8.80 Å². The van der Waals surface area contributed by atoms with Crippen molar-refractivity contribution in [2.24, 2.45) is 0 Å². The molecule has 0 saturated heterocycles. The first kappa shape index (κ1) is 14.2. The highest BCUT2D eigenvalue weighted by molar-refractivity contribution is 6.66. The lowest BCUT2D eigenvalue weighted by Crippen LogP contribution is -2.49. The molecule has 0 fully saturated rings. The molecule has 0 aromatic rings. The lowest BCUT2D eigenvalue weighted by molar-refractivity contribution is -0.147. The van der Waals surface area contributed by atoms with Crippen molar-refractivity contribution >= 4 is 26.7 Å². The van der Waals surface area contributed by atoms with Crippen LogP contribution in [-0.4, -0.2) is 26.7 Å². The van der Waals surface area contributed by atoms with Gasteiger partial charge in [-0.1, -0.05) is 5.92 Å². The quantitative estimate of drug-likeness (QED) is 0.521. The summed E-state index contributed by atoms with van der Waals surface area (Å²) >= 11 is 0. The third-order valence-corrected chi connectivity index (χ3v) is 3.65. The third-order valence-electron chi connectivity index (χ3n) is 1.22. The minimum atomic E-state index is -3.77. The van der Waals surface area contributed by atoms with Crippen molar-refractivity contribution in [3.05, 3.63) is 0 Å². The van der Waals surface area contributed by atoms with Gasteiger partial charge in [0.2, 0.25) is 0 Å². The van der Waals surface area contributed by atoms with E-state index in [-0.39, 0.29) is 6.04 Å². The van der Waals surface area contributed by atoms with Gasteiger partial charge in [-0.2, -0.15) is 0 Å². The standard InChI is InChI=1S/C9H12O6Si/c1-5-6-16(13-7(2)10,14-8(3)11)15-9(4)12/h1H,6H2,2-4H3. The lowest BCUT2D eigenvalue weighted by Gasteiger charge is -2.24. The molecular formula is C9H12O6Si. The fourth-order valence-corrected chi connectivity index (χ4v) is 2.86. The van der Waals surface area contributed by atoms with Crippen LogP contribution in [0.3, 0.4) is 0 Å². The predicted molar refractivity (Wildman–Crippen MR) is 54.7 cm³/mol. The van der Waals surface area contributed by atoms with Crippen molar-refractivity contribution < 1.29 is 27.7 Å². The van der Waals surface area contributed by atoms with Crippen LogP contribution in [0.4, 0.5) is 0 Å². The van der Waals surface area contributed by atoms with Crippen molar-refractivity contribution in [2.75, 3.05) is 0 Å². The zero-order chi connectivity index (χ0) is 12.8. The predicted octanol–water partition coefficient (Wildman–Crippen LogP) is 0.248. The number of hydrogen-bond acceptors (Lipinski definition) is 6. The summed E-state index contributed by atoms with van der Waals surface area (Å²) in [5.74, 6) is -0.0413. The average Bonchev–Trinajstić information content (AvgIpc) is 1.98. The Bertz CT molecular complexity index is 302. The normalized spacial score (nSPS) is 9.88. The molecule has 0 rings (SSSR count). The van der Waals surface area contributed by atoms with E-state index in [0.29, 0.717) is 0 Å². The van der Waals surface area contributed by atoms with Crippen LogP contribution in [-0.2, 0) is 27.7 Å². The van der Waals surface area contributed by atoms with Crippen molar-refractivity contribution in [3.63, 3.8) is 0 Å². The van der Waals surface area contributed by atoms with Gasteiger partial charge in [0.05, 0.1) is 0 Å². The molecule has 0 atom stereocenters. The maximum absolute atomic E-state index is 10.9. The number of rotatable bonds is 4. The Balaban J connectivity index is 5.03. The minimum absolute atomic E-state index is 0.244. The van der Waals surface area contributed by atoms with Crippen LogP contribution >= 0.6 is 0 Å². The highest BCUT2D eigenvalue weighted by Crippen LogP contribution is 2.16. The van der Waals surface area contributed by atoms with Gasteiger partial charge in [0.15, 0.2) is 0 Å². The van der Waals surface area contributed by atoms with E-state index in [1.165, 1.54) is 0 Å². The van der Waals surface area contributed by atoms with E-state index < -0.39 is 26.7 Å². The maximum atomic E-state index is 10.9. The molecule has 88 valence electrons. The molecule has 0 radical (unpaired) electrons. The molecule has 0 aromatic heterocycles. The highest BCUT2D eigenvalue weighted by atomic mass is 28.4. The zero-order valence-electron chi connectivity index (χ0n) is 9.23. The molecule has 0 aliphatic rings. The van der Waals surface area contributed by atoms with Gasteiger partial charge in [0.25, 0.3) is 17.9 Å². The molecule has 0 amide bonds. The molecule has 0 unspecified atom stereocenters. The molecule has 0 N–H and O–H groups in total. The van der Waals surface area contributed by atoms with Gasteiger partial charge in [0, 0.05) is 20.8 Å². The van der Waals surface area contributed by atoms with Gasteiger partial charge < -0.3 is 13.3 Å². The molecule has 0 aliphatic heterocycles. The number of carbonyl (C=O) groups excluding carboxylic acids is 3. The molecule has 0 aromatic carbocycles. The van der Waals surface area contributed by atoms with Crippen molar-refractivity contribution in [1.29, 1.82) is 0 Å². The maximum Gasteiger partial charge on any atom is 0.717 e. The van der Waals surface area contributed by atoms with E-state index in [1.807, 2.05) is 0 Å². The molecule has 0 heterocycles. The van der Waals surface area contributed by atoms with Crippen LogP contribution in [0.1, 0.15) is 20.8 Å². The van der Waals surface area contributed by atoms with E-state index in [1.54, 1.807) is 0 Å². The average molecular weight is 244 g/mol. The Morgan fingerprint density at radius 3 is 1.50 bits per heavy atom. The van der Waals surface area contributed by atoms with E-state index in [4.69, 9.17) is 19.7 Å². The molecule has 0 saturated carbocycles. The van der Waals surface area contributed by atoms with Gasteiger partial charge in [-0.05, 0) is 0 Å². The van der Waals surface area contributed by atoms with Crippen LogP contribution in [0, 0.1) is 12.3 Å². The Hall–Kier alpha value is -1.81. The van der Waals surface area contributed by atoms with Crippen molar-refractivity contribution in [2.45, 2.75) is 26.8 Å². The van der Waals surface area contributed by atoms with Gasteiger partial charge in [0.1, 0.15) is 6.04 Å². The fourth-order valence-electron chi connectivity index (χ4n) is 0.953. The smallest absolute Gasteiger partial charge is 0.455 e. The summed E-state index contributed by atoms with van der Waals surface area (Å²) in [6.45, 7) is 3.31.